The third-order valence-electron chi connectivity index (χ3n) is 2.73. The second-order valence-electron chi connectivity index (χ2n) is 3.98. The van der Waals surface area contributed by atoms with Gasteiger partial charge in [-0.05, 0) is 30.3 Å². The van der Waals surface area contributed by atoms with E-state index in [2.05, 4.69) is 4.98 Å². The van der Waals surface area contributed by atoms with Crippen molar-refractivity contribution in [1.29, 1.82) is 0 Å². The van der Waals surface area contributed by atoms with E-state index in [-0.39, 0.29) is 0 Å². The van der Waals surface area contributed by atoms with Gasteiger partial charge in [0.15, 0.2) is 5.58 Å². The molecule has 90 valence electrons. The SMILES string of the molecule is COc1ccc2nc(-c3cccc(N)c3)oc2c1. The van der Waals surface area contributed by atoms with Crippen molar-refractivity contribution in [2.75, 3.05) is 12.8 Å². The van der Waals surface area contributed by atoms with E-state index >= 15 is 0 Å². The molecule has 0 aliphatic heterocycles. The fourth-order valence-corrected chi connectivity index (χ4v) is 1.83. The van der Waals surface area contributed by atoms with Crippen LogP contribution in [0.15, 0.2) is 46.9 Å². The Labute approximate surface area is 104 Å². The first-order valence-electron chi connectivity index (χ1n) is 5.57. The predicted molar refractivity (Wildman–Crippen MR) is 70.4 cm³/mol. The maximum Gasteiger partial charge on any atom is 0.227 e. The molecule has 4 nitrogen and oxygen atoms in total. The lowest BCUT2D eigenvalue weighted by molar-refractivity contribution is 0.414. The van der Waals surface area contributed by atoms with Gasteiger partial charge in [-0.1, -0.05) is 6.07 Å². The van der Waals surface area contributed by atoms with Crippen LogP contribution in [-0.2, 0) is 0 Å². The minimum absolute atomic E-state index is 0.561. The molecule has 0 bridgehead atoms. The first kappa shape index (κ1) is 10.7. The topological polar surface area (TPSA) is 61.3 Å². The van der Waals surface area contributed by atoms with E-state index < -0.39 is 0 Å². The van der Waals surface area contributed by atoms with Crippen molar-refractivity contribution in [2.24, 2.45) is 0 Å². The van der Waals surface area contributed by atoms with Crippen LogP contribution in [0.1, 0.15) is 0 Å². The van der Waals surface area contributed by atoms with Crippen LogP contribution in [0, 0.1) is 0 Å². The molecule has 0 fully saturated rings. The van der Waals surface area contributed by atoms with E-state index in [0.717, 1.165) is 16.8 Å². The monoisotopic (exact) mass is 240 g/mol. The van der Waals surface area contributed by atoms with Crippen LogP contribution >= 0.6 is 0 Å². The predicted octanol–water partition coefficient (Wildman–Crippen LogP) is 3.09. The lowest BCUT2D eigenvalue weighted by Gasteiger charge is -1.96. The van der Waals surface area contributed by atoms with Gasteiger partial charge in [-0.2, -0.15) is 0 Å². The largest absolute Gasteiger partial charge is 0.497 e. The Hall–Kier alpha value is -2.49. The van der Waals surface area contributed by atoms with Crippen LogP contribution in [0.3, 0.4) is 0 Å². The summed E-state index contributed by atoms with van der Waals surface area (Å²) in [6.07, 6.45) is 0. The summed E-state index contributed by atoms with van der Waals surface area (Å²) in [6.45, 7) is 0. The van der Waals surface area contributed by atoms with Crippen molar-refractivity contribution in [3.8, 4) is 17.2 Å². The smallest absolute Gasteiger partial charge is 0.227 e. The molecule has 0 aliphatic carbocycles. The van der Waals surface area contributed by atoms with Crippen LogP contribution in [0.4, 0.5) is 5.69 Å². The molecule has 0 saturated carbocycles. The number of rotatable bonds is 2. The van der Waals surface area contributed by atoms with Crippen LogP contribution in [-0.4, -0.2) is 12.1 Å². The van der Waals surface area contributed by atoms with Crippen molar-refractivity contribution >= 4 is 16.8 Å². The molecule has 4 heteroatoms. The van der Waals surface area contributed by atoms with Crippen LogP contribution in [0.25, 0.3) is 22.6 Å². The van der Waals surface area contributed by atoms with E-state index in [0.29, 0.717) is 17.2 Å². The Balaban J connectivity index is 2.13. The number of nitrogens with two attached hydrogens (primary N) is 1. The van der Waals surface area contributed by atoms with E-state index in [1.165, 1.54) is 0 Å². The average molecular weight is 240 g/mol. The van der Waals surface area contributed by atoms with Gasteiger partial charge >= 0.3 is 0 Å². The fraction of sp³-hybridized carbons (Fsp3) is 0.0714. The molecule has 0 radical (unpaired) electrons. The molecule has 0 spiro atoms. The number of nitrogen functional groups attached to an aromatic ring is 1. The van der Waals surface area contributed by atoms with E-state index in [9.17, 15) is 0 Å². The molecule has 0 atom stereocenters. The van der Waals surface area contributed by atoms with Crippen molar-refractivity contribution < 1.29 is 9.15 Å². The van der Waals surface area contributed by atoms with Gasteiger partial charge in [0.2, 0.25) is 5.89 Å². The van der Waals surface area contributed by atoms with Crippen LogP contribution in [0.2, 0.25) is 0 Å². The normalized spacial score (nSPS) is 10.7. The first-order valence-corrected chi connectivity index (χ1v) is 5.57. The zero-order valence-corrected chi connectivity index (χ0v) is 9.88. The summed E-state index contributed by atoms with van der Waals surface area (Å²) in [7, 11) is 1.62. The lowest BCUT2D eigenvalue weighted by Crippen LogP contribution is -1.84. The van der Waals surface area contributed by atoms with Gasteiger partial charge in [-0.3, -0.25) is 0 Å². The second kappa shape index (κ2) is 4.07. The number of hydrogen-bond donors (Lipinski definition) is 1. The molecule has 1 aromatic heterocycles. The summed E-state index contributed by atoms with van der Waals surface area (Å²) in [6, 6.07) is 13.0. The average Bonchev–Trinajstić information content (AvgIpc) is 2.81. The number of ether oxygens (including phenoxy) is 1. The standard InChI is InChI=1S/C14H12N2O2/c1-17-11-5-6-12-13(8-11)18-14(16-12)9-3-2-4-10(15)7-9/h2-8H,15H2,1H3. The highest BCUT2D eigenvalue weighted by atomic mass is 16.5. The van der Waals surface area contributed by atoms with Gasteiger partial charge in [-0.15, -0.1) is 0 Å². The van der Waals surface area contributed by atoms with E-state index in [4.69, 9.17) is 14.9 Å². The quantitative estimate of drug-likeness (QED) is 0.699. The van der Waals surface area contributed by atoms with Crippen molar-refractivity contribution in [2.45, 2.75) is 0 Å². The van der Waals surface area contributed by atoms with Crippen molar-refractivity contribution in [3.05, 3.63) is 42.5 Å². The molecule has 0 amide bonds. The van der Waals surface area contributed by atoms with Crippen molar-refractivity contribution in [3.63, 3.8) is 0 Å². The number of methoxy groups -OCH3 is 1. The van der Waals surface area contributed by atoms with Crippen LogP contribution in [0.5, 0.6) is 5.75 Å². The molecule has 3 aromatic rings. The highest BCUT2D eigenvalue weighted by molar-refractivity contribution is 5.78. The molecule has 0 unspecified atom stereocenters. The first-order chi connectivity index (χ1) is 8.76. The minimum atomic E-state index is 0.561. The third-order valence-corrected chi connectivity index (χ3v) is 2.73. The Bertz CT molecular complexity index is 704. The number of benzene rings is 2. The molecule has 0 saturated heterocycles. The highest BCUT2D eigenvalue weighted by Gasteiger charge is 2.09. The Morgan fingerprint density at radius 3 is 2.83 bits per heavy atom. The molecular formula is C14H12N2O2. The van der Waals surface area contributed by atoms with Gasteiger partial charge in [0.25, 0.3) is 0 Å². The Kier molecular flexibility index (Phi) is 2.41. The summed E-state index contributed by atoms with van der Waals surface area (Å²) in [5.74, 6) is 1.31. The number of anilines is 1. The zero-order valence-electron chi connectivity index (χ0n) is 9.88. The number of oxazole rings is 1. The van der Waals surface area contributed by atoms with Gasteiger partial charge in [0.05, 0.1) is 7.11 Å². The summed E-state index contributed by atoms with van der Waals surface area (Å²) < 4.78 is 10.9. The maximum absolute atomic E-state index is 5.75. The maximum atomic E-state index is 5.75. The van der Waals surface area contributed by atoms with Gasteiger partial charge < -0.3 is 14.9 Å². The summed E-state index contributed by atoms with van der Waals surface area (Å²) >= 11 is 0. The number of nitrogens with zero attached hydrogens (tertiary/aromatic N) is 1. The summed E-state index contributed by atoms with van der Waals surface area (Å²) in [5, 5.41) is 0. The highest BCUT2D eigenvalue weighted by Crippen LogP contribution is 2.27. The van der Waals surface area contributed by atoms with Crippen LogP contribution < -0.4 is 10.5 Å². The number of hydrogen-bond acceptors (Lipinski definition) is 4. The second-order valence-corrected chi connectivity index (χ2v) is 3.98. The van der Waals surface area contributed by atoms with Gasteiger partial charge in [0.1, 0.15) is 11.3 Å². The molecular weight excluding hydrogens is 228 g/mol. The van der Waals surface area contributed by atoms with Gasteiger partial charge in [-0.25, -0.2) is 4.98 Å². The molecule has 2 N–H and O–H groups in total. The third kappa shape index (κ3) is 1.78. The van der Waals surface area contributed by atoms with E-state index in [1.807, 2.05) is 42.5 Å². The molecule has 3 rings (SSSR count). The summed E-state index contributed by atoms with van der Waals surface area (Å²) in [4.78, 5) is 4.42. The Morgan fingerprint density at radius 1 is 1.17 bits per heavy atom. The number of fused-ring (bicyclic) bond motifs is 1. The van der Waals surface area contributed by atoms with Crippen molar-refractivity contribution in [1.82, 2.24) is 4.98 Å². The molecule has 0 aliphatic rings. The van der Waals surface area contributed by atoms with Gasteiger partial charge in [0, 0.05) is 17.3 Å². The molecule has 1 heterocycles. The lowest BCUT2D eigenvalue weighted by atomic mass is 10.2. The Morgan fingerprint density at radius 2 is 2.06 bits per heavy atom. The number of aromatic nitrogens is 1. The van der Waals surface area contributed by atoms with E-state index in [1.54, 1.807) is 7.11 Å². The summed E-state index contributed by atoms with van der Waals surface area (Å²) in [5.41, 5.74) is 8.80. The molecule has 18 heavy (non-hydrogen) atoms. The fourth-order valence-electron chi connectivity index (χ4n) is 1.83. The zero-order chi connectivity index (χ0) is 12.5. The minimum Gasteiger partial charge on any atom is -0.497 e. The molecule has 2 aromatic carbocycles.